The van der Waals surface area contributed by atoms with Crippen LogP contribution in [-0.4, -0.2) is 23.3 Å². The number of hydrogen-bond donors (Lipinski definition) is 1. The normalized spacial score (nSPS) is 20.9. The van der Waals surface area contributed by atoms with Crippen LogP contribution in [0.1, 0.15) is 18.4 Å². The number of nitrogens with zero attached hydrogens (tertiary/aromatic N) is 2. The first-order valence-electron chi connectivity index (χ1n) is 5.12. The van der Waals surface area contributed by atoms with Crippen LogP contribution in [0.25, 0.3) is 0 Å². The van der Waals surface area contributed by atoms with Crippen molar-refractivity contribution in [3.8, 4) is 6.07 Å². The highest BCUT2D eigenvalue weighted by Gasteiger charge is 2.14. The van der Waals surface area contributed by atoms with E-state index in [0.717, 1.165) is 18.1 Å². The van der Waals surface area contributed by atoms with Crippen LogP contribution in [0, 0.1) is 11.3 Å². The minimum Gasteiger partial charge on any atom is -0.316 e. The maximum absolute atomic E-state index is 8.77. The summed E-state index contributed by atoms with van der Waals surface area (Å²) in [5.74, 6) is 0. The van der Waals surface area contributed by atoms with Crippen LogP contribution in [0.2, 0.25) is 0 Å². The summed E-state index contributed by atoms with van der Waals surface area (Å²) >= 11 is 1.77. The molecule has 0 bridgehead atoms. The van der Waals surface area contributed by atoms with Gasteiger partial charge in [-0.1, -0.05) is 0 Å². The standard InChI is InChI=1S/C11H13N3S/c12-7-9-3-5-14-11(6-9)15-10-2-1-4-13-8-10/h3,5-6,10,13H,1-2,4,8H2/t10-/m0/s1. The van der Waals surface area contributed by atoms with E-state index in [2.05, 4.69) is 16.4 Å². The zero-order valence-corrected chi connectivity index (χ0v) is 9.26. The molecular formula is C11H13N3S. The molecule has 0 saturated carbocycles. The molecule has 0 aliphatic carbocycles. The minimum absolute atomic E-state index is 0.597. The Kier molecular flexibility index (Phi) is 3.59. The van der Waals surface area contributed by atoms with Crippen LogP contribution in [-0.2, 0) is 0 Å². The maximum atomic E-state index is 8.77. The summed E-state index contributed by atoms with van der Waals surface area (Å²) in [5, 5.41) is 13.7. The van der Waals surface area contributed by atoms with E-state index in [9.17, 15) is 0 Å². The van der Waals surface area contributed by atoms with Gasteiger partial charge in [0.25, 0.3) is 0 Å². The number of aromatic nitrogens is 1. The number of nitriles is 1. The molecule has 0 amide bonds. The molecule has 1 aromatic rings. The minimum atomic E-state index is 0.597. The Balaban J connectivity index is 2.00. The van der Waals surface area contributed by atoms with Crippen molar-refractivity contribution >= 4 is 11.8 Å². The monoisotopic (exact) mass is 219 g/mol. The van der Waals surface area contributed by atoms with Crippen molar-refractivity contribution in [1.82, 2.24) is 10.3 Å². The lowest BCUT2D eigenvalue weighted by Crippen LogP contribution is -2.31. The van der Waals surface area contributed by atoms with Crippen molar-refractivity contribution in [3.05, 3.63) is 23.9 Å². The van der Waals surface area contributed by atoms with E-state index in [-0.39, 0.29) is 0 Å². The van der Waals surface area contributed by atoms with Crippen molar-refractivity contribution in [2.24, 2.45) is 0 Å². The molecule has 4 heteroatoms. The Morgan fingerprint density at radius 3 is 3.27 bits per heavy atom. The molecule has 3 nitrogen and oxygen atoms in total. The van der Waals surface area contributed by atoms with E-state index in [1.807, 2.05) is 6.07 Å². The summed E-state index contributed by atoms with van der Waals surface area (Å²) in [6.45, 7) is 2.17. The van der Waals surface area contributed by atoms with Gasteiger partial charge in [-0.15, -0.1) is 11.8 Å². The van der Waals surface area contributed by atoms with E-state index in [1.165, 1.54) is 12.8 Å². The molecule has 1 aliphatic rings. The van der Waals surface area contributed by atoms with E-state index in [4.69, 9.17) is 5.26 Å². The number of nitrogens with one attached hydrogen (secondary N) is 1. The van der Waals surface area contributed by atoms with Gasteiger partial charge < -0.3 is 5.32 Å². The predicted molar refractivity (Wildman–Crippen MR) is 60.7 cm³/mol. The largest absolute Gasteiger partial charge is 0.316 e. The van der Waals surface area contributed by atoms with Gasteiger partial charge in [0.05, 0.1) is 16.7 Å². The summed E-state index contributed by atoms with van der Waals surface area (Å²) in [6, 6.07) is 5.74. The van der Waals surface area contributed by atoms with E-state index < -0.39 is 0 Å². The molecule has 15 heavy (non-hydrogen) atoms. The Morgan fingerprint density at radius 2 is 2.53 bits per heavy atom. The number of thioether (sulfide) groups is 1. The van der Waals surface area contributed by atoms with Crippen molar-refractivity contribution in [2.75, 3.05) is 13.1 Å². The van der Waals surface area contributed by atoms with E-state index in [0.29, 0.717) is 10.8 Å². The first-order chi connectivity index (χ1) is 7.38. The SMILES string of the molecule is N#Cc1ccnc(S[C@H]2CCCNC2)c1. The molecule has 1 N–H and O–H groups in total. The number of pyridine rings is 1. The third-order valence-corrected chi connectivity index (χ3v) is 3.60. The first kappa shape index (κ1) is 10.5. The highest BCUT2D eigenvalue weighted by Crippen LogP contribution is 2.25. The molecule has 1 aliphatic heterocycles. The second-order valence-electron chi connectivity index (χ2n) is 3.58. The van der Waals surface area contributed by atoms with Crippen molar-refractivity contribution in [3.63, 3.8) is 0 Å². The quantitative estimate of drug-likeness (QED) is 0.824. The Labute approximate surface area is 93.9 Å². The van der Waals surface area contributed by atoms with Gasteiger partial charge in [-0.05, 0) is 31.5 Å². The maximum Gasteiger partial charge on any atom is 0.0993 e. The van der Waals surface area contributed by atoms with Crippen LogP contribution >= 0.6 is 11.8 Å². The molecule has 1 fully saturated rings. The van der Waals surface area contributed by atoms with Crippen molar-refractivity contribution in [1.29, 1.82) is 5.26 Å². The summed E-state index contributed by atoms with van der Waals surface area (Å²) in [4.78, 5) is 4.27. The number of piperidine rings is 1. The van der Waals surface area contributed by atoms with Gasteiger partial charge in [-0.2, -0.15) is 5.26 Å². The molecular weight excluding hydrogens is 206 g/mol. The number of hydrogen-bond acceptors (Lipinski definition) is 4. The molecule has 1 saturated heterocycles. The fraction of sp³-hybridized carbons (Fsp3) is 0.455. The molecule has 0 aromatic carbocycles. The lowest BCUT2D eigenvalue weighted by atomic mass is 10.2. The average molecular weight is 219 g/mol. The molecule has 1 aromatic heterocycles. The molecule has 2 heterocycles. The highest BCUT2D eigenvalue weighted by atomic mass is 32.2. The Morgan fingerprint density at radius 1 is 1.60 bits per heavy atom. The average Bonchev–Trinajstić information content (AvgIpc) is 2.31. The van der Waals surface area contributed by atoms with E-state index in [1.54, 1.807) is 24.0 Å². The van der Waals surface area contributed by atoms with Crippen LogP contribution in [0.15, 0.2) is 23.4 Å². The Bertz CT molecular complexity index is 366. The summed E-state index contributed by atoms with van der Waals surface area (Å²) in [6.07, 6.45) is 4.17. The summed E-state index contributed by atoms with van der Waals surface area (Å²) < 4.78 is 0. The smallest absolute Gasteiger partial charge is 0.0993 e. The van der Waals surface area contributed by atoms with Crippen LogP contribution in [0.3, 0.4) is 0 Å². The lowest BCUT2D eigenvalue weighted by Gasteiger charge is -2.21. The zero-order valence-electron chi connectivity index (χ0n) is 8.44. The van der Waals surface area contributed by atoms with Gasteiger partial charge in [-0.3, -0.25) is 0 Å². The first-order valence-corrected chi connectivity index (χ1v) is 6.00. The second-order valence-corrected chi connectivity index (χ2v) is 4.90. The van der Waals surface area contributed by atoms with Crippen molar-refractivity contribution < 1.29 is 0 Å². The summed E-state index contributed by atoms with van der Waals surface area (Å²) in [7, 11) is 0. The highest BCUT2D eigenvalue weighted by molar-refractivity contribution is 7.99. The number of rotatable bonds is 2. The van der Waals surface area contributed by atoms with Gasteiger partial charge in [0.15, 0.2) is 0 Å². The fourth-order valence-corrected chi connectivity index (χ4v) is 2.78. The van der Waals surface area contributed by atoms with Gasteiger partial charge in [-0.25, -0.2) is 4.98 Å². The third-order valence-electron chi connectivity index (χ3n) is 2.40. The molecule has 1 atom stereocenters. The summed E-state index contributed by atoms with van der Waals surface area (Å²) in [5.41, 5.74) is 0.691. The van der Waals surface area contributed by atoms with Crippen LogP contribution in [0.4, 0.5) is 0 Å². The molecule has 2 rings (SSSR count). The van der Waals surface area contributed by atoms with Crippen molar-refractivity contribution in [2.45, 2.75) is 23.1 Å². The second kappa shape index (κ2) is 5.15. The molecule has 0 radical (unpaired) electrons. The van der Waals surface area contributed by atoms with Gasteiger partial charge in [0, 0.05) is 18.0 Å². The zero-order chi connectivity index (χ0) is 10.5. The lowest BCUT2D eigenvalue weighted by molar-refractivity contribution is 0.531. The van der Waals surface area contributed by atoms with E-state index >= 15 is 0 Å². The fourth-order valence-electron chi connectivity index (χ4n) is 1.63. The Hall–Kier alpha value is -1.05. The van der Waals surface area contributed by atoms with Gasteiger partial charge in [0.1, 0.15) is 0 Å². The van der Waals surface area contributed by atoms with Crippen LogP contribution < -0.4 is 5.32 Å². The predicted octanol–water partition coefficient (Wildman–Crippen LogP) is 1.80. The molecule has 0 spiro atoms. The molecule has 0 unspecified atom stereocenters. The topological polar surface area (TPSA) is 48.7 Å². The van der Waals surface area contributed by atoms with Crippen LogP contribution in [0.5, 0.6) is 0 Å². The third kappa shape index (κ3) is 2.95. The van der Waals surface area contributed by atoms with Gasteiger partial charge in [0.2, 0.25) is 0 Å². The molecule has 78 valence electrons. The van der Waals surface area contributed by atoms with Gasteiger partial charge >= 0.3 is 0 Å².